The Balaban J connectivity index is 1.09. The van der Waals surface area contributed by atoms with E-state index in [1.54, 1.807) is 0 Å². The zero-order valence-electron chi connectivity index (χ0n) is 31.3. The van der Waals surface area contributed by atoms with Gasteiger partial charge in [-0.1, -0.05) is 146 Å². The Hall–Kier alpha value is -6.95. The summed E-state index contributed by atoms with van der Waals surface area (Å²) in [4.78, 5) is 0. The van der Waals surface area contributed by atoms with Crippen molar-refractivity contribution >= 4 is 51.6 Å². The van der Waals surface area contributed by atoms with E-state index in [4.69, 9.17) is 0 Å². The maximum absolute atomic E-state index is 9.40. The van der Waals surface area contributed by atoms with Crippen LogP contribution < -0.4 is 10.4 Å². The molecule has 0 aliphatic heterocycles. The molecule has 0 radical (unpaired) electrons. The minimum absolute atomic E-state index is 0.663. The fraction of sp³-hybridized carbons (Fsp3) is 0.0926. The summed E-state index contributed by atoms with van der Waals surface area (Å²) < 4.78 is 2.48. The second-order valence-corrected chi connectivity index (χ2v) is 14.9. The molecule has 0 saturated heterocycles. The number of allylic oxidation sites excluding steroid dienone is 1. The van der Waals surface area contributed by atoms with Gasteiger partial charge < -0.3 is 4.57 Å². The Kier molecular flexibility index (Phi) is 8.62. The van der Waals surface area contributed by atoms with Gasteiger partial charge >= 0.3 is 0 Å². The summed E-state index contributed by atoms with van der Waals surface area (Å²) in [5.41, 5.74) is 15.5. The molecule has 0 unspecified atom stereocenters. The highest BCUT2D eigenvalue weighted by atomic mass is 15.0. The summed E-state index contributed by atoms with van der Waals surface area (Å²) >= 11 is 0. The van der Waals surface area contributed by atoms with E-state index >= 15 is 0 Å². The summed E-state index contributed by atoms with van der Waals surface area (Å²) in [5.74, 6) is 0. The van der Waals surface area contributed by atoms with Gasteiger partial charge in [-0.05, 0) is 134 Å². The molecule has 1 heterocycles. The third-order valence-electron chi connectivity index (χ3n) is 11.6. The van der Waals surface area contributed by atoms with Crippen molar-refractivity contribution in [2.75, 3.05) is 0 Å². The highest BCUT2D eigenvalue weighted by Gasteiger charge is 2.20. The van der Waals surface area contributed by atoms with Crippen molar-refractivity contribution in [2.45, 2.75) is 32.1 Å². The zero-order valence-corrected chi connectivity index (χ0v) is 31.3. The summed E-state index contributed by atoms with van der Waals surface area (Å²) in [6.07, 6.45) is 17.2. The SMILES string of the molecule is N#Cc1ccc(/C(=C/c2ccc(-c3c4c(c(-c5ccc(-n6c7c(c8ccccc86)C=CCC7)cc5)c5ccccc35)=CCCCC=4)cc2)c2ccccc2)cc1. The number of hydrogen-bond acceptors (Lipinski definition) is 1. The first kappa shape index (κ1) is 33.6. The molecule has 2 aliphatic carbocycles. The first-order valence-corrected chi connectivity index (χ1v) is 19.8. The predicted octanol–water partition coefficient (Wildman–Crippen LogP) is 12.3. The van der Waals surface area contributed by atoms with Crippen LogP contribution in [0.5, 0.6) is 0 Å². The molecule has 7 aromatic carbocycles. The first-order chi connectivity index (χ1) is 27.7. The molecule has 0 atom stereocenters. The van der Waals surface area contributed by atoms with Crippen molar-refractivity contribution in [2.24, 2.45) is 0 Å². The van der Waals surface area contributed by atoms with E-state index in [1.807, 2.05) is 30.3 Å². The number of nitriles is 1. The molecule has 0 spiro atoms. The van der Waals surface area contributed by atoms with Gasteiger partial charge in [-0.15, -0.1) is 0 Å². The molecule has 266 valence electrons. The normalized spacial score (nSPS) is 13.7. The Bertz CT molecular complexity index is 3010. The molecular weight excluding hydrogens is 677 g/mol. The molecular formula is C54H40N2. The van der Waals surface area contributed by atoms with Gasteiger partial charge in [0.2, 0.25) is 0 Å². The molecule has 0 N–H and O–H groups in total. The van der Waals surface area contributed by atoms with Gasteiger partial charge in [0, 0.05) is 22.3 Å². The van der Waals surface area contributed by atoms with E-state index in [0.29, 0.717) is 5.56 Å². The lowest BCUT2D eigenvalue weighted by Crippen LogP contribution is -2.29. The fourth-order valence-corrected chi connectivity index (χ4v) is 8.97. The molecule has 56 heavy (non-hydrogen) atoms. The van der Waals surface area contributed by atoms with Crippen LogP contribution in [-0.2, 0) is 6.42 Å². The van der Waals surface area contributed by atoms with E-state index in [9.17, 15) is 5.26 Å². The van der Waals surface area contributed by atoms with E-state index in [1.165, 1.54) is 71.3 Å². The fourth-order valence-electron chi connectivity index (χ4n) is 8.97. The highest BCUT2D eigenvalue weighted by Crippen LogP contribution is 2.36. The van der Waals surface area contributed by atoms with Crippen LogP contribution in [0, 0.1) is 11.3 Å². The molecule has 2 heteroatoms. The summed E-state index contributed by atoms with van der Waals surface area (Å²) in [7, 11) is 0. The maximum Gasteiger partial charge on any atom is 0.0991 e. The van der Waals surface area contributed by atoms with Crippen LogP contribution in [0.4, 0.5) is 0 Å². The van der Waals surface area contributed by atoms with Gasteiger partial charge in [-0.3, -0.25) is 0 Å². The van der Waals surface area contributed by atoms with Gasteiger partial charge in [0.1, 0.15) is 0 Å². The standard InChI is InChI=1S/C54H40N2/c55-36-38-25-27-40(28-26-38)50(39-13-3-1-4-14-39)35-37-23-29-41(30-24-37)53-46-17-5-2-6-18-47(46)54(49-20-8-7-19-48(49)53)42-31-33-43(34-32-42)56-51-21-11-9-15-44(51)45-16-10-12-22-52(45)56/h1,3-4,7-11,13-21,23-35H,2,5-6,12,22H2/b50-35+. The van der Waals surface area contributed by atoms with Crippen LogP contribution in [0.3, 0.4) is 0 Å². The third kappa shape index (κ3) is 5.90. The number of benzene rings is 7. The molecule has 0 fully saturated rings. The van der Waals surface area contributed by atoms with E-state index in [2.05, 4.69) is 162 Å². The Labute approximate surface area is 328 Å². The van der Waals surface area contributed by atoms with Crippen molar-refractivity contribution < 1.29 is 0 Å². The van der Waals surface area contributed by atoms with Gasteiger partial charge in [-0.2, -0.15) is 5.26 Å². The number of rotatable bonds is 6. The monoisotopic (exact) mass is 716 g/mol. The predicted molar refractivity (Wildman–Crippen MR) is 236 cm³/mol. The topological polar surface area (TPSA) is 28.7 Å². The average Bonchev–Trinajstić information content (AvgIpc) is 3.40. The average molecular weight is 717 g/mol. The molecule has 2 nitrogen and oxygen atoms in total. The summed E-state index contributed by atoms with van der Waals surface area (Å²) in [6.45, 7) is 0. The minimum Gasteiger partial charge on any atom is -0.313 e. The highest BCUT2D eigenvalue weighted by molar-refractivity contribution is 6.06. The second kappa shape index (κ2) is 14.4. The van der Waals surface area contributed by atoms with Crippen LogP contribution in [0.25, 0.3) is 79.5 Å². The lowest BCUT2D eigenvalue weighted by atomic mass is 9.87. The van der Waals surface area contributed by atoms with Crippen molar-refractivity contribution in [1.29, 1.82) is 5.26 Å². The molecule has 0 amide bonds. The summed E-state index contributed by atoms with van der Waals surface area (Å²) in [6, 6.07) is 56.8. The largest absolute Gasteiger partial charge is 0.313 e. The van der Waals surface area contributed by atoms with Gasteiger partial charge in [0.15, 0.2) is 0 Å². The molecule has 10 rings (SSSR count). The van der Waals surface area contributed by atoms with Crippen molar-refractivity contribution in [3.8, 4) is 34.0 Å². The molecule has 1 aromatic heterocycles. The Morgan fingerprint density at radius 1 is 0.571 bits per heavy atom. The number of para-hydroxylation sites is 1. The summed E-state index contributed by atoms with van der Waals surface area (Å²) in [5, 5.41) is 16.0. The smallest absolute Gasteiger partial charge is 0.0991 e. The number of fused-ring (bicyclic) bond motifs is 5. The zero-order chi connectivity index (χ0) is 37.4. The molecule has 0 bridgehead atoms. The van der Waals surface area contributed by atoms with Crippen molar-refractivity contribution in [1.82, 2.24) is 4.57 Å². The van der Waals surface area contributed by atoms with Crippen LogP contribution in [0.1, 0.15) is 59.2 Å². The lowest BCUT2D eigenvalue weighted by Gasteiger charge is -2.17. The number of aromatic nitrogens is 1. The first-order valence-electron chi connectivity index (χ1n) is 19.8. The van der Waals surface area contributed by atoms with E-state index < -0.39 is 0 Å². The Morgan fingerprint density at radius 2 is 1.16 bits per heavy atom. The minimum atomic E-state index is 0.663. The van der Waals surface area contributed by atoms with Gasteiger partial charge in [0.25, 0.3) is 0 Å². The van der Waals surface area contributed by atoms with Crippen molar-refractivity contribution in [3.05, 3.63) is 202 Å². The van der Waals surface area contributed by atoms with Crippen LogP contribution in [-0.4, -0.2) is 4.57 Å². The number of nitrogens with zero attached hydrogens (tertiary/aromatic N) is 2. The lowest BCUT2D eigenvalue weighted by molar-refractivity contribution is 0.888. The van der Waals surface area contributed by atoms with Crippen molar-refractivity contribution in [3.63, 3.8) is 0 Å². The van der Waals surface area contributed by atoms with Crippen LogP contribution in [0.15, 0.2) is 158 Å². The van der Waals surface area contributed by atoms with E-state index in [-0.39, 0.29) is 0 Å². The molecule has 8 aromatic rings. The van der Waals surface area contributed by atoms with Crippen LogP contribution >= 0.6 is 0 Å². The van der Waals surface area contributed by atoms with Gasteiger partial charge in [-0.25, -0.2) is 0 Å². The molecule has 2 aliphatic rings. The third-order valence-corrected chi connectivity index (χ3v) is 11.6. The maximum atomic E-state index is 9.40. The molecule has 0 saturated carbocycles. The van der Waals surface area contributed by atoms with Gasteiger partial charge in [0.05, 0.1) is 17.1 Å². The van der Waals surface area contributed by atoms with Crippen LogP contribution in [0.2, 0.25) is 0 Å². The second-order valence-electron chi connectivity index (χ2n) is 14.9. The Morgan fingerprint density at radius 3 is 1.82 bits per heavy atom. The quantitative estimate of drug-likeness (QED) is 0.158. The number of hydrogen-bond donors (Lipinski definition) is 0. The van der Waals surface area contributed by atoms with E-state index in [0.717, 1.165) is 54.4 Å².